The van der Waals surface area contributed by atoms with Crippen molar-refractivity contribution < 1.29 is 51.3 Å². The van der Waals surface area contributed by atoms with E-state index in [0.29, 0.717) is 5.92 Å². The summed E-state index contributed by atoms with van der Waals surface area (Å²) in [5, 5.41) is 1.46. The molecule has 0 spiro atoms. The summed E-state index contributed by atoms with van der Waals surface area (Å²) in [6.07, 6.45) is 0. The van der Waals surface area contributed by atoms with Crippen LogP contribution in [0.25, 0.3) is 0 Å². The van der Waals surface area contributed by atoms with E-state index >= 15 is 0 Å². The zero-order valence-electron chi connectivity index (χ0n) is 15.1. The summed E-state index contributed by atoms with van der Waals surface area (Å²) in [5.41, 5.74) is 4.96. The van der Waals surface area contributed by atoms with Crippen LogP contribution in [0.3, 0.4) is 0 Å². The minimum Gasteiger partial charge on any atom is -1.00 e. The molecule has 1 aliphatic rings. The average Bonchev–Trinajstić information content (AvgIpc) is 2.63. The Bertz CT molecular complexity index is 642. The molecule has 1 atom stereocenters. The Kier molecular flexibility index (Phi) is 10.8. The van der Waals surface area contributed by atoms with Crippen molar-refractivity contribution in [2.24, 2.45) is 5.92 Å². The molecule has 1 N–H and O–H groups in total. The van der Waals surface area contributed by atoms with Crippen molar-refractivity contribution in [2.75, 3.05) is 0 Å². The predicted octanol–water partition coefficient (Wildman–Crippen LogP) is -1.53. The molecule has 1 amide bonds. The Balaban J connectivity index is 0. The summed E-state index contributed by atoms with van der Waals surface area (Å²) in [4.78, 5) is 15.8. The van der Waals surface area contributed by atoms with E-state index in [-0.39, 0.29) is 52.4 Å². The predicted molar refractivity (Wildman–Crippen MR) is 91.6 cm³/mol. The summed E-state index contributed by atoms with van der Waals surface area (Å²) in [6.45, 7) is 13.3. The molecule has 0 radical (unpaired) electrons. The first kappa shape index (κ1) is 25.9. The smallest absolute Gasteiger partial charge is 1.00 e. The number of hydrogen-bond acceptors (Lipinski definition) is 1. The molecule has 0 aliphatic heterocycles. The summed E-state index contributed by atoms with van der Waals surface area (Å²) < 4.78 is 0. The third-order valence-corrected chi connectivity index (χ3v) is 7.78. The van der Waals surface area contributed by atoms with Crippen molar-refractivity contribution in [1.82, 2.24) is 4.98 Å². The Labute approximate surface area is 174 Å². The molecule has 0 saturated carbocycles. The molecule has 24 heavy (non-hydrogen) atoms. The van der Waals surface area contributed by atoms with Crippen LogP contribution in [0.15, 0.2) is 52.2 Å². The van der Waals surface area contributed by atoms with E-state index in [4.69, 9.17) is 0 Å². The van der Waals surface area contributed by atoms with Gasteiger partial charge in [-0.25, -0.2) is 0 Å². The minimum atomic E-state index is -1.99. The van der Waals surface area contributed by atoms with Gasteiger partial charge in [-0.2, -0.15) is 0 Å². The van der Waals surface area contributed by atoms with E-state index in [1.165, 1.54) is 21.9 Å². The van der Waals surface area contributed by atoms with Crippen LogP contribution in [0.5, 0.6) is 0 Å². The van der Waals surface area contributed by atoms with Crippen LogP contribution in [0, 0.1) is 5.92 Å². The van der Waals surface area contributed by atoms with Gasteiger partial charge in [0.2, 0.25) is 5.91 Å². The quantitative estimate of drug-likeness (QED) is 0.594. The zero-order valence-corrected chi connectivity index (χ0v) is 19.2. The second-order valence-corrected chi connectivity index (χ2v) is 10.6. The first-order valence-electron chi connectivity index (χ1n) is 7.52. The van der Waals surface area contributed by atoms with E-state index in [1.54, 1.807) is 0 Å². The van der Waals surface area contributed by atoms with Crippen molar-refractivity contribution in [1.29, 1.82) is 0 Å². The van der Waals surface area contributed by atoms with Gasteiger partial charge in [-0.05, 0) is 57.5 Å². The van der Waals surface area contributed by atoms with Crippen molar-refractivity contribution >= 4 is 14.1 Å². The van der Waals surface area contributed by atoms with Gasteiger partial charge < -0.3 is 29.8 Å². The Morgan fingerprint density at radius 3 is 1.92 bits per heavy atom. The SMILES string of the molecule is CC1=C(C)C(C)C([Si](C)(C)NC(=O)c2ccccc2)=C1C.[Cl-].[Cl-].[Ti+2]. The molecular formula is C18H25Cl2NOSiTi. The molecule has 1 aliphatic carbocycles. The van der Waals surface area contributed by atoms with Crippen LogP contribution >= 0.6 is 0 Å². The fourth-order valence-electron chi connectivity index (χ4n) is 3.39. The summed E-state index contributed by atoms with van der Waals surface area (Å²) in [5.74, 6) is 0.490. The average molecular weight is 418 g/mol. The minimum absolute atomic E-state index is 0. The third-order valence-electron chi connectivity index (χ3n) is 4.78. The molecule has 0 saturated heterocycles. The molecule has 0 fully saturated rings. The van der Waals surface area contributed by atoms with Crippen molar-refractivity contribution in [3.8, 4) is 0 Å². The molecule has 0 bridgehead atoms. The monoisotopic (exact) mass is 417 g/mol. The number of hydrogen-bond donors (Lipinski definition) is 1. The topological polar surface area (TPSA) is 29.1 Å². The second kappa shape index (κ2) is 9.98. The van der Waals surface area contributed by atoms with Gasteiger partial charge in [0, 0.05) is 5.56 Å². The summed E-state index contributed by atoms with van der Waals surface area (Å²) in [7, 11) is -1.99. The Morgan fingerprint density at radius 2 is 1.50 bits per heavy atom. The second-order valence-electron chi connectivity index (χ2n) is 6.51. The summed E-state index contributed by atoms with van der Waals surface area (Å²) >= 11 is 0. The van der Waals surface area contributed by atoms with Gasteiger partial charge in [0.15, 0.2) is 8.24 Å². The number of carbonyl (C=O) groups excluding carboxylic acids is 1. The van der Waals surface area contributed by atoms with E-state index in [0.717, 1.165) is 5.56 Å². The normalized spacial score (nSPS) is 16.8. The van der Waals surface area contributed by atoms with Crippen LogP contribution in [0.2, 0.25) is 13.1 Å². The largest absolute Gasteiger partial charge is 2.00 e. The maximum atomic E-state index is 12.5. The molecule has 1 aromatic carbocycles. The van der Waals surface area contributed by atoms with Gasteiger partial charge in [-0.1, -0.05) is 41.5 Å². The first-order chi connectivity index (χ1) is 9.75. The summed E-state index contributed by atoms with van der Waals surface area (Å²) in [6, 6.07) is 9.48. The number of amides is 1. The van der Waals surface area contributed by atoms with E-state index in [2.05, 4.69) is 45.8 Å². The molecule has 2 rings (SSSR count). The Morgan fingerprint density at radius 1 is 1.00 bits per heavy atom. The fraction of sp³-hybridized carbons (Fsp3) is 0.389. The molecule has 6 heteroatoms. The Hall–Kier alpha value is -0.319. The van der Waals surface area contributed by atoms with Crippen LogP contribution in [-0.2, 0) is 21.7 Å². The van der Waals surface area contributed by atoms with Gasteiger partial charge in [0.05, 0.1) is 0 Å². The van der Waals surface area contributed by atoms with Gasteiger partial charge in [0.25, 0.3) is 0 Å². The van der Waals surface area contributed by atoms with Crippen LogP contribution in [0.1, 0.15) is 38.1 Å². The van der Waals surface area contributed by atoms with Gasteiger partial charge in [-0.15, -0.1) is 0 Å². The molecule has 1 unspecified atom stereocenters. The third kappa shape index (κ3) is 5.09. The fourth-order valence-corrected chi connectivity index (χ4v) is 6.66. The van der Waals surface area contributed by atoms with Gasteiger partial charge in [0.1, 0.15) is 0 Å². The van der Waals surface area contributed by atoms with Crippen molar-refractivity contribution in [3.05, 3.63) is 57.8 Å². The number of allylic oxidation sites excluding steroid dienone is 4. The molecule has 1 aromatic rings. The van der Waals surface area contributed by atoms with E-state index in [9.17, 15) is 4.79 Å². The van der Waals surface area contributed by atoms with Crippen molar-refractivity contribution in [2.45, 2.75) is 40.8 Å². The van der Waals surface area contributed by atoms with Gasteiger partial charge in [-0.3, -0.25) is 4.79 Å². The van der Waals surface area contributed by atoms with E-state index in [1.807, 2.05) is 30.3 Å². The molecule has 0 heterocycles. The molecule has 130 valence electrons. The number of rotatable bonds is 3. The maximum absolute atomic E-state index is 12.5. The number of nitrogens with one attached hydrogen (secondary N) is 1. The maximum Gasteiger partial charge on any atom is 2.00 e. The number of halogens is 2. The zero-order chi connectivity index (χ0) is 15.8. The van der Waals surface area contributed by atoms with Crippen LogP contribution < -0.4 is 29.8 Å². The van der Waals surface area contributed by atoms with Crippen LogP contribution in [-0.4, -0.2) is 14.1 Å². The molecule has 0 aromatic heterocycles. The molecule has 2 nitrogen and oxygen atoms in total. The molecular weight excluding hydrogens is 393 g/mol. The number of carbonyl (C=O) groups is 1. The van der Waals surface area contributed by atoms with Crippen molar-refractivity contribution in [3.63, 3.8) is 0 Å². The number of benzene rings is 1. The van der Waals surface area contributed by atoms with Crippen LogP contribution in [0.4, 0.5) is 0 Å². The van der Waals surface area contributed by atoms with E-state index < -0.39 is 8.24 Å². The van der Waals surface area contributed by atoms with Gasteiger partial charge >= 0.3 is 21.7 Å². The first-order valence-corrected chi connectivity index (χ1v) is 10.5. The standard InChI is InChI=1S/C18H25NOSi.2ClH.Ti/c1-12-13(2)15(4)17(14(12)3)21(5,6)19-18(20)16-10-8-7-9-11-16;;;/h7-11,14H,1-6H3,(H,19,20);2*1H;/q;;;+2/p-2.